The summed E-state index contributed by atoms with van der Waals surface area (Å²) in [5.74, 6) is -1.54. The molecule has 3 N–H and O–H groups in total. The third-order valence-electron chi connectivity index (χ3n) is 4.00. The molecule has 0 radical (unpaired) electrons. The van der Waals surface area contributed by atoms with Gasteiger partial charge in [0.2, 0.25) is 0 Å². The minimum atomic E-state index is -1.34. The van der Waals surface area contributed by atoms with Gasteiger partial charge in [-0.3, -0.25) is 9.59 Å². The summed E-state index contributed by atoms with van der Waals surface area (Å²) >= 11 is 0. The van der Waals surface area contributed by atoms with E-state index >= 15 is 0 Å². The lowest BCUT2D eigenvalue weighted by atomic mass is 9.87. The first-order valence-electron chi connectivity index (χ1n) is 7.27. The number of carboxylic acids is 1. The summed E-state index contributed by atoms with van der Waals surface area (Å²) in [6, 6.07) is 6.59. The number of esters is 1. The molecule has 0 aromatic heterocycles. The maximum absolute atomic E-state index is 11.5. The first-order valence-corrected chi connectivity index (χ1v) is 7.27. The molecule has 0 spiro atoms. The number of carbonyl (C=O) groups excluding carboxylic acids is 1. The Morgan fingerprint density at radius 2 is 1.91 bits per heavy atom. The monoisotopic (exact) mass is 308 g/mol. The normalized spacial score (nSPS) is 18.3. The molecule has 1 aliphatic carbocycles. The second kappa shape index (κ2) is 6.46. The highest BCUT2D eigenvalue weighted by atomic mass is 16.5. The molecule has 1 aliphatic rings. The van der Waals surface area contributed by atoms with Crippen LogP contribution in [0.25, 0.3) is 0 Å². The Morgan fingerprint density at radius 1 is 1.27 bits per heavy atom. The molecule has 1 saturated carbocycles. The van der Waals surface area contributed by atoms with Gasteiger partial charge in [0.1, 0.15) is 6.10 Å². The highest BCUT2D eigenvalue weighted by molar-refractivity contribution is 5.85. The molecular formula is C16H20O6. The van der Waals surface area contributed by atoms with Crippen molar-refractivity contribution in [3.63, 3.8) is 0 Å². The minimum absolute atomic E-state index is 0.195. The molecule has 120 valence electrons. The number of carbonyl (C=O) groups is 2. The predicted octanol–water partition coefficient (Wildman–Crippen LogP) is 1.15. The van der Waals surface area contributed by atoms with Crippen LogP contribution in [0.4, 0.5) is 0 Å². The van der Waals surface area contributed by atoms with Crippen molar-refractivity contribution >= 4 is 11.9 Å². The number of benzene rings is 1. The van der Waals surface area contributed by atoms with Gasteiger partial charge in [-0.2, -0.15) is 0 Å². The molecule has 0 saturated heterocycles. The van der Waals surface area contributed by atoms with Crippen molar-refractivity contribution in [3.05, 3.63) is 35.4 Å². The maximum Gasteiger partial charge on any atom is 0.314 e. The Balaban J connectivity index is 2.22. The van der Waals surface area contributed by atoms with Gasteiger partial charge in [0, 0.05) is 0 Å². The van der Waals surface area contributed by atoms with Crippen molar-refractivity contribution in [3.8, 4) is 0 Å². The van der Waals surface area contributed by atoms with E-state index < -0.39 is 29.6 Å². The van der Waals surface area contributed by atoms with E-state index in [9.17, 15) is 24.9 Å². The fourth-order valence-corrected chi connectivity index (χ4v) is 2.62. The van der Waals surface area contributed by atoms with Gasteiger partial charge in [-0.25, -0.2) is 0 Å². The molecule has 6 nitrogen and oxygen atoms in total. The van der Waals surface area contributed by atoms with Crippen LogP contribution in [0.3, 0.4) is 0 Å². The third kappa shape index (κ3) is 3.13. The largest absolute Gasteiger partial charge is 0.481 e. The summed E-state index contributed by atoms with van der Waals surface area (Å²) in [7, 11) is 0. The van der Waals surface area contributed by atoms with E-state index in [-0.39, 0.29) is 13.0 Å². The number of aliphatic hydroxyl groups excluding tert-OH is 2. The van der Waals surface area contributed by atoms with E-state index in [1.54, 1.807) is 31.2 Å². The van der Waals surface area contributed by atoms with E-state index in [0.29, 0.717) is 24.0 Å². The summed E-state index contributed by atoms with van der Waals surface area (Å²) in [6.45, 7) is 1.85. The summed E-state index contributed by atoms with van der Waals surface area (Å²) < 4.78 is 4.74. The number of carboxylic acid groups (broad SMARTS) is 1. The summed E-state index contributed by atoms with van der Waals surface area (Å²) in [6.07, 6.45) is -2.02. The highest BCUT2D eigenvalue weighted by Gasteiger charge is 2.53. The van der Waals surface area contributed by atoms with E-state index in [1.807, 2.05) is 0 Å². The van der Waals surface area contributed by atoms with Crippen LogP contribution in [0.5, 0.6) is 0 Å². The smallest absolute Gasteiger partial charge is 0.314 e. The van der Waals surface area contributed by atoms with Crippen molar-refractivity contribution < 1.29 is 29.6 Å². The van der Waals surface area contributed by atoms with Crippen LogP contribution in [0, 0.1) is 0 Å². The molecule has 1 fully saturated rings. The molecule has 2 atom stereocenters. The van der Waals surface area contributed by atoms with Crippen molar-refractivity contribution in [1.29, 1.82) is 0 Å². The van der Waals surface area contributed by atoms with Crippen LogP contribution in [0.1, 0.15) is 43.4 Å². The van der Waals surface area contributed by atoms with E-state index in [1.165, 1.54) is 0 Å². The highest BCUT2D eigenvalue weighted by Crippen LogP contribution is 2.50. The molecule has 6 heteroatoms. The van der Waals surface area contributed by atoms with Crippen LogP contribution in [-0.4, -0.2) is 40.0 Å². The van der Waals surface area contributed by atoms with E-state index in [0.717, 1.165) is 0 Å². The number of ether oxygens (including phenoxy) is 1. The Hall–Kier alpha value is -1.92. The minimum Gasteiger partial charge on any atom is -0.481 e. The first kappa shape index (κ1) is 16.5. The molecule has 0 aliphatic heterocycles. The lowest BCUT2D eigenvalue weighted by molar-refractivity contribution is -0.147. The topological polar surface area (TPSA) is 104 Å². The van der Waals surface area contributed by atoms with E-state index in [2.05, 4.69) is 0 Å². The lowest BCUT2D eigenvalue weighted by Crippen LogP contribution is -2.27. The van der Waals surface area contributed by atoms with Crippen molar-refractivity contribution in [2.45, 2.75) is 43.8 Å². The van der Waals surface area contributed by atoms with Gasteiger partial charge in [0.05, 0.1) is 24.5 Å². The van der Waals surface area contributed by atoms with Crippen LogP contribution in [0.15, 0.2) is 24.3 Å². The fourth-order valence-electron chi connectivity index (χ4n) is 2.62. The molecule has 2 rings (SSSR count). The second-order valence-corrected chi connectivity index (χ2v) is 5.50. The van der Waals surface area contributed by atoms with Gasteiger partial charge in [-0.15, -0.1) is 0 Å². The zero-order valence-electron chi connectivity index (χ0n) is 12.4. The Labute approximate surface area is 128 Å². The quantitative estimate of drug-likeness (QED) is 0.653. The van der Waals surface area contributed by atoms with E-state index in [4.69, 9.17) is 4.74 Å². The van der Waals surface area contributed by atoms with Crippen LogP contribution >= 0.6 is 0 Å². The van der Waals surface area contributed by atoms with Gasteiger partial charge in [0.15, 0.2) is 0 Å². The molecular weight excluding hydrogens is 288 g/mol. The van der Waals surface area contributed by atoms with Crippen molar-refractivity contribution in [2.75, 3.05) is 6.61 Å². The van der Waals surface area contributed by atoms with Crippen molar-refractivity contribution in [1.82, 2.24) is 0 Å². The van der Waals surface area contributed by atoms with Gasteiger partial charge in [0.25, 0.3) is 0 Å². The summed E-state index contributed by atoms with van der Waals surface area (Å²) in [5.41, 5.74) is -0.140. The molecule has 0 amide bonds. The number of aliphatic carboxylic acids is 1. The number of hydrogen-bond acceptors (Lipinski definition) is 5. The second-order valence-electron chi connectivity index (χ2n) is 5.50. The molecule has 0 heterocycles. The van der Waals surface area contributed by atoms with Gasteiger partial charge < -0.3 is 20.1 Å². The molecule has 1 aromatic rings. The van der Waals surface area contributed by atoms with Crippen molar-refractivity contribution in [2.24, 2.45) is 0 Å². The predicted molar refractivity (Wildman–Crippen MR) is 77.2 cm³/mol. The third-order valence-corrected chi connectivity index (χ3v) is 4.00. The fraction of sp³-hybridized carbons (Fsp3) is 0.500. The standard InChI is InChI=1S/C16H20O6/c1-2-22-13(18)9-12(17)14(19)10-5-3-4-6-11(10)16(7-8-16)15(20)21/h3-6,12,14,17,19H,2,7-9H2,1H3,(H,20,21). The average Bonchev–Trinajstić information content (AvgIpc) is 3.28. The summed E-state index contributed by atoms with van der Waals surface area (Å²) in [4.78, 5) is 22.9. The van der Waals surface area contributed by atoms with Crippen LogP contribution in [-0.2, 0) is 19.7 Å². The van der Waals surface area contributed by atoms with Gasteiger partial charge in [-0.05, 0) is 30.9 Å². The molecule has 1 aromatic carbocycles. The molecule has 22 heavy (non-hydrogen) atoms. The van der Waals surface area contributed by atoms with Gasteiger partial charge in [-0.1, -0.05) is 24.3 Å². The Morgan fingerprint density at radius 3 is 2.45 bits per heavy atom. The van der Waals surface area contributed by atoms with Gasteiger partial charge >= 0.3 is 11.9 Å². The SMILES string of the molecule is CCOC(=O)CC(O)C(O)c1ccccc1C1(C(=O)O)CC1. The number of rotatable bonds is 7. The zero-order valence-corrected chi connectivity index (χ0v) is 12.4. The van der Waals surface area contributed by atoms with Crippen LogP contribution < -0.4 is 0 Å². The zero-order chi connectivity index (χ0) is 16.3. The number of aliphatic hydroxyl groups is 2. The maximum atomic E-state index is 11.5. The number of hydrogen-bond donors (Lipinski definition) is 3. The Bertz CT molecular complexity index is 564. The lowest BCUT2D eigenvalue weighted by Gasteiger charge is -2.23. The first-order chi connectivity index (χ1) is 10.4. The summed E-state index contributed by atoms with van der Waals surface area (Å²) in [5, 5.41) is 29.7. The van der Waals surface area contributed by atoms with Crippen LogP contribution in [0.2, 0.25) is 0 Å². The molecule has 0 bridgehead atoms. The Kier molecular flexibility index (Phi) is 4.83. The average molecular weight is 308 g/mol. The molecule has 2 unspecified atom stereocenters.